The second-order valence-corrected chi connectivity index (χ2v) is 14.4. The first kappa shape index (κ1) is 20.8. The van der Waals surface area contributed by atoms with E-state index >= 15 is 0 Å². The van der Waals surface area contributed by atoms with E-state index in [0.29, 0.717) is 11.2 Å². The van der Waals surface area contributed by atoms with Crippen LogP contribution in [0, 0.1) is 5.92 Å². The quantitative estimate of drug-likeness (QED) is 0.435. The minimum absolute atomic E-state index is 0.623. The number of hydrogen-bond donors (Lipinski definition) is 0. The first-order valence-corrected chi connectivity index (χ1v) is 15.5. The Bertz CT molecular complexity index is 1370. The summed E-state index contributed by atoms with van der Waals surface area (Å²) < 4.78 is 0. The molecule has 1 saturated heterocycles. The van der Waals surface area contributed by atoms with E-state index in [4.69, 9.17) is 0 Å². The molecule has 0 nitrogen and oxygen atoms in total. The molecule has 34 heavy (non-hydrogen) atoms. The Kier molecular flexibility index (Phi) is 4.62. The average molecular weight is 483 g/mol. The second-order valence-electron chi connectivity index (χ2n) is 11.9. The normalized spacial score (nSPS) is 37.1. The Morgan fingerprint density at radius 3 is 2.50 bits per heavy atom. The summed E-state index contributed by atoms with van der Waals surface area (Å²) in [5.41, 5.74) is 11.9. The van der Waals surface area contributed by atoms with Crippen molar-refractivity contribution in [3.05, 3.63) is 79.6 Å². The van der Waals surface area contributed by atoms with Gasteiger partial charge in [-0.05, 0) is 102 Å². The summed E-state index contributed by atoms with van der Waals surface area (Å²) in [4.78, 5) is 1.62. The number of thioether (sulfide) groups is 2. The highest BCUT2D eigenvalue weighted by atomic mass is 32.2. The van der Waals surface area contributed by atoms with Crippen LogP contribution >= 0.6 is 23.5 Å². The number of hydrogen-bond acceptors (Lipinski definition) is 2. The summed E-state index contributed by atoms with van der Waals surface area (Å²) >= 11 is 4.54. The largest absolute Gasteiger partial charge is 0.146 e. The molecule has 0 bridgehead atoms. The van der Waals surface area contributed by atoms with Crippen LogP contribution in [0.5, 0.6) is 0 Å². The lowest BCUT2D eigenvalue weighted by molar-refractivity contribution is 0.518. The molecular formula is C32H34S2. The third-order valence-corrected chi connectivity index (χ3v) is 13.1. The minimum Gasteiger partial charge on any atom is -0.146 e. The molecule has 0 radical (unpaired) electrons. The van der Waals surface area contributed by atoms with E-state index in [1.165, 1.54) is 51.4 Å². The van der Waals surface area contributed by atoms with Crippen molar-refractivity contribution >= 4 is 34.7 Å². The van der Waals surface area contributed by atoms with Crippen LogP contribution in [-0.2, 0) is 0 Å². The van der Waals surface area contributed by atoms with Gasteiger partial charge in [0.1, 0.15) is 0 Å². The van der Waals surface area contributed by atoms with Crippen LogP contribution in [0.4, 0.5) is 0 Å². The van der Waals surface area contributed by atoms with E-state index in [-0.39, 0.29) is 0 Å². The fourth-order valence-corrected chi connectivity index (χ4v) is 11.5. The molecule has 2 heterocycles. The summed E-state index contributed by atoms with van der Waals surface area (Å²) in [6, 6.07) is 5.13. The predicted molar refractivity (Wildman–Crippen MR) is 149 cm³/mol. The maximum absolute atomic E-state index is 2.67. The maximum atomic E-state index is 2.67. The molecule has 6 unspecified atom stereocenters. The summed E-state index contributed by atoms with van der Waals surface area (Å²) in [5, 5.41) is 5.63. The average Bonchev–Trinajstić information content (AvgIpc) is 3.59. The Morgan fingerprint density at radius 1 is 0.882 bits per heavy atom. The fraction of sp³-hybridized carbons (Fsp3) is 0.500. The van der Waals surface area contributed by atoms with Gasteiger partial charge in [0.25, 0.3) is 0 Å². The lowest BCUT2D eigenvalue weighted by atomic mass is 9.88. The van der Waals surface area contributed by atoms with Gasteiger partial charge < -0.3 is 0 Å². The number of benzene rings is 1. The van der Waals surface area contributed by atoms with Gasteiger partial charge in [0.05, 0.1) is 0 Å². The highest BCUT2D eigenvalue weighted by Crippen LogP contribution is 2.57. The van der Waals surface area contributed by atoms with Crippen molar-refractivity contribution in [1.29, 1.82) is 0 Å². The van der Waals surface area contributed by atoms with Crippen LogP contribution in [0.25, 0.3) is 11.1 Å². The van der Waals surface area contributed by atoms with Crippen LogP contribution in [0.1, 0.15) is 88.2 Å². The molecule has 0 aromatic heterocycles. The van der Waals surface area contributed by atoms with Crippen molar-refractivity contribution < 1.29 is 0 Å². The molecule has 0 saturated carbocycles. The molecule has 0 N–H and O–H groups in total. The number of fused-ring (bicyclic) bond motifs is 6. The van der Waals surface area contributed by atoms with Crippen LogP contribution in [-0.4, -0.2) is 15.7 Å². The lowest BCUT2D eigenvalue weighted by Gasteiger charge is -2.22. The lowest BCUT2D eigenvalue weighted by Crippen LogP contribution is -2.34. The first-order valence-electron chi connectivity index (χ1n) is 13.6. The van der Waals surface area contributed by atoms with Gasteiger partial charge in [-0.3, -0.25) is 0 Å². The Balaban J connectivity index is 1.16. The van der Waals surface area contributed by atoms with Crippen molar-refractivity contribution in [2.45, 2.75) is 92.8 Å². The van der Waals surface area contributed by atoms with Gasteiger partial charge in [-0.1, -0.05) is 54.5 Å². The van der Waals surface area contributed by atoms with Gasteiger partial charge in [0.15, 0.2) is 0 Å². The zero-order valence-electron chi connectivity index (χ0n) is 20.4. The van der Waals surface area contributed by atoms with Gasteiger partial charge >= 0.3 is 0 Å². The Labute approximate surface area is 212 Å². The van der Waals surface area contributed by atoms with E-state index < -0.39 is 0 Å². The highest BCUT2D eigenvalue weighted by Gasteiger charge is 2.48. The Hall–Kier alpha value is -1.38. The van der Waals surface area contributed by atoms with Crippen LogP contribution in [0.15, 0.2) is 58.1 Å². The molecule has 8 rings (SSSR count). The maximum Gasteiger partial charge on any atom is 0.0417 e. The zero-order chi connectivity index (χ0) is 22.6. The van der Waals surface area contributed by atoms with Crippen molar-refractivity contribution in [3.8, 4) is 0 Å². The van der Waals surface area contributed by atoms with Crippen LogP contribution in [0.2, 0.25) is 0 Å². The monoisotopic (exact) mass is 482 g/mol. The molecule has 1 aromatic carbocycles. The Morgan fingerprint density at radius 2 is 1.71 bits per heavy atom. The predicted octanol–water partition coefficient (Wildman–Crippen LogP) is 7.26. The van der Waals surface area contributed by atoms with Crippen molar-refractivity contribution in [2.24, 2.45) is 5.92 Å². The van der Waals surface area contributed by atoms with E-state index in [1.54, 1.807) is 48.8 Å². The first-order chi connectivity index (χ1) is 16.7. The summed E-state index contributed by atoms with van der Waals surface area (Å²) in [6.45, 7) is 4.69. The highest BCUT2D eigenvalue weighted by molar-refractivity contribution is 8.04. The van der Waals surface area contributed by atoms with E-state index in [9.17, 15) is 0 Å². The molecule has 174 valence electrons. The van der Waals surface area contributed by atoms with Crippen molar-refractivity contribution in [2.75, 3.05) is 0 Å². The minimum atomic E-state index is 0.623. The third kappa shape index (κ3) is 2.88. The molecule has 0 amide bonds. The standard InChI is InChI=1S/C32H34S2/c1-17-3-7-19(8-4-17)27-15-25-21-11-12-22-26-16-28(20-9-5-18(2)6-10-20)34-32(26)24-14-13-23(31(25)33-27)29(21)30(22)24/h3,7,9,11-12,16,18,25-27,31-32H,4-6,8,10,13-15H2,1-2H3. The second kappa shape index (κ2) is 7.56. The van der Waals surface area contributed by atoms with E-state index in [1.807, 2.05) is 5.57 Å². The molecule has 7 aliphatic rings. The van der Waals surface area contributed by atoms with Gasteiger partial charge in [0, 0.05) is 32.5 Å². The van der Waals surface area contributed by atoms with Crippen LogP contribution < -0.4 is 10.4 Å². The van der Waals surface area contributed by atoms with Crippen LogP contribution in [0.3, 0.4) is 0 Å². The molecular weight excluding hydrogens is 448 g/mol. The molecule has 1 aromatic rings. The summed E-state index contributed by atoms with van der Waals surface area (Å²) in [7, 11) is 0. The topological polar surface area (TPSA) is 0 Å². The molecule has 6 atom stereocenters. The van der Waals surface area contributed by atoms with E-state index in [2.05, 4.69) is 73.8 Å². The fourth-order valence-electron chi connectivity index (χ4n) is 7.98. The smallest absolute Gasteiger partial charge is 0.0417 e. The number of allylic oxidation sites excluding steroid dienone is 6. The number of rotatable bonds is 2. The summed E-state index contributed by atoms with van der Waals surface area (Å²) in [5.74, 6) is 2.25. The molecule has 5 aliphatic carbocycles. The third-order valence-electron chi connectivity index (χ3n) is 9.87. The molecule has 1 fully saturated rings. The molecule has 0 spiro atoms. The molecule has 2 heteroatoms. The zero-order valence-corrected chi connectivity index (χ0v) is 22.0. The summed E-state index contributed by atoms with van der Waals surface area (Å²) in [6.07, 6.45) is 20.5. The van der Waals surface area contributed by atoms with Gasteiger partial charge in [-0.2, -0.15) is 0 Å². The van der Waals surface area contributed by atoms with Gasteiger partial charge in [-0.15, -0.1) is 23.5 Å². The molecule has 2 aliphatic heterocycles. The SMILES string of the molecule is CC1=CC=C(C2CC3c4ccc5c6c4=C(CCC=6C4SC(C6=CCC(C)CC6)=CC54)C3S2)CC1. The van der Waals surface area contributed by atoms with Gasteiger partial charge in [-0.25, -0.2) is 0 Å². The van der Waals surface area contributed by atoms with E-state index in [0.717, 1.165) is 22.3 Å². The van der Waals surface area contributed by atoms with Gasteiger partial charge in [0.2, 0.25) is 0 Å². The van der Waals surface area contributed by atoms with Crippen molar-refractivity contribution in [1.82, 2.24) is 0 Å². The van der Waals surface area contributed by atoms with Crippen molar-refractivity contribution in [3.63, 3.8) is 0 Å².